The second kappa shape index (κ2) is 4.73. The summed E-state index contributed by atoms with van der Waals surface area (Å²) in [7, 11) is 1.90. The molecule has 6 nitrogen and oxygen atoms in total. The highest BCUT2D eigenvalue weighted by molar-refractivity contribution is 5.78. The standard InChI is InChI=1S/C15H11FN6/c1-21-9-8-17-14(21)13-12(10-2-4-11(16)5-3-10)20-15-18-6-7-19-22(13)15/h2-9H,1H3. The van der Waals surface area contributed by atoms with Gasteiger partial charge in [-0.25, -0.2) is 19.3 Å². The van der Waals surface area contributed by atoms with Gasteiger partial charge in [0.2, 0.25) is 0 Å². The molecule has 0 aliphatic rings. The third-order valence-corrected chi connectivity index (χ3v) is 3.43. The third kappa shape index (κ3) is 1.86. The fourth-order valence-electron chi connectivity index (χ4n) is 2.39. The number of benzene rings is 1. The Morgan fingerprint density at radius 2 is 1.82 bits per heavy atom. The van der Waals surface area contributed by atoms with Gasteiger partial charge < -0.3 is 4.57 Å². The van der Waals surface area contributed by atoms with Crippen LogP contribution in [-0.2, 0) is 7.05 Å². The van der Waals surface area contributed by atoms with Crippen LogP contribution in [0.25, 0.3) is 28.6 Å². The number of hydrogen-bond donors (Lipinski definition) is 0. The Kier molecular flexibility index (Phi) is 2.72. The van der Waals surface area contributed by atoms with Gasteiger partial charge in [0.25, 0.3) is 5.78 Å². The molecule has 0 spiro atoms. The number of hydrogen-bond acceptors (Lipinski definition) is 4. The Morgan fingerprint density at radius 3 is 2.55 bits per heavy atom. The van der Waals surface area contributed by atoms with Gasteiger partial charge in [0.15, 0.2) is 5.82 Å². The van der Waals surface area contributed by atoms with Crippen molar-refractivity contribution in [1.29, 1.82) is 0 Å². The van der Waals surface area contributed by atoms with Crippen molar-refractivity contribution < 1.29 is 4.39 Å². The molecule has 0 saturated carbocycles. The SMILES string of the molecule is Cn1ccnc1-c1c(-c2ccc(F)cc2)nc2nccnn12. The van der Waals surface area contributed by atoms with Crippen molar-refractivity contribution in [1.82, 2.24) is 29.1 Å². The monoisotopic (exact) mass is 294 g/mol. The number of imidazole rings is 2. The molecule has 4 aromatic rings. The predicted molar refractivity (Wildman–Crippen MR) is 78.4 cm³/mol. The molecule has 0 unspecified atom stereocenters. The Hall–Kier alpha value is -3.09. The number of aromatic nitrogens is 6. The summed E-state index contributed by atoms with van der Waals surface area (Å²) in [5, 5.41) is 4.31. The van der Waals surface area contributed by atoms with E-state index in [1.807, 2.05) is 17.8 Å². The number of rotatable bonds is 2. The van der Waals surface area contributed by atoms with Gasteiger partial charge in [-0.2, -0.15) is 9.61 Å². The number of aryl methyl sites for hydroxylation is 1. The highest BCUT2D eigenvalue weighted by atomic mass is 19.1. The summed E-state index contributed by atoms with van der Waals surface area (Å²) in [6.07, 6.45) is 6.73. The third-order valence-electron chi connectivity index (χ3n) is 3.43. The van der Waals surface area contributed by atoms with E-state index in [0.29, 0.717) is 17.3 Å². The van der Waals surface area contributed by atoms with E-state index < -0.39 is 0 Å². The molecule has 0 saturated heterocycles. The zero-order chi connectivity index (χ0) is 15.1. The van der Waals surface area contributed by atoms with Crippen LogP contribution in [0.4, 0.5) is 4.39 Å². The molecular formula is C15H11FN6. The lowest BCUT2D eigenvalue weighted by Crippen LogP contribution is -2.00. The smallest absolute Gasteiger partial charge is 0.251 e. The van der Waals surface area contributed by atoms with Crippen LogP contribution in [-0.4, -0.2) is 29.1 Å². The van der Waals surface area contributed by atoms with Gasteiger partial charge >= 0.3 is 0 Å². The minimum Gasteiger partial charge on any atom is -0.333 e. The summed E-state index contributed by atoms with van der Waals surface area (Å²) in [4.78, 5) is 13.1. The highest BCUT2D eigenvalue weighted by Crippen LogP contribution is 2.30. The minimum atomic E-state index is -0.290. The van der Waals surface area contributed by atoms with Crippen LogP contribution < -0.4 is 0 Å². The van der Waals surface area contributed by atoms with Crippen molar-refractivity contribution in [2.75, 3.05) is 0 Å². The highest BCUT2D eigenvalue weighted by Gasteiger charge is 2.20. The number of halogens is 1. The molecule has 0 aliphatic carbocycles. The van der Waals surface area contributed by atoms with Crippen LogP contribution >= 0.6 is 0 Å². The van der Waals surface area contributed by atoms with Crippen LogP contribution in [0, 0.1) is 5.82 Å². The minimum absolute atomic E-state index is 0.290. The molecule has 3 heterocycles. The van der Waals surface area contributed by atoms with Crippen molar-refractivity contribution in [2.45, 2.75) is 0 Å². The average Bonchev–Trinajstić information content (AvgIpc) is 3.11. The summed E-state index contributed by atoms with van der Waals surface area (Å²) in [6.45, 7) is 0. The van der Waals surface area contributed by atoms with Crippen molar-refractivity contribution in [3.05, 3.63) is 54.9 Å². The van der Waals surface area contributed by atoms with Crippen LogP contribution in [0.2, 0.25) is 0 Å². The Bertz CT molecular complexity index is 954. The lowest BCUT2D eigenvalue weighted by molar-refractivity contribution is 0.628. The second-order valence-corrected chi connectivity index (χ2v) is 4.83. The second-order valence-electron chi connectivity index (χ2n) is 4.83. The van der Waals surface area contributed by atoms with Gasteiger partial charge in [-0.1, -0.05) is 0 Å². The molecule has 22 heavy (non-hydrogen) atoms. The molecule has 7 heteroatoms. The lowest BCUT2D eigenvalue weighted by atomic mass is 10.1. The quantitative estimate of drug-likeness (QED) is 0.569. The zero-order valence-electron chi connectivity index (χ0n) is 11.7. The molecule has 0 fully saturated rings. The van der Waals surface area contributed by atoms with Crippen LogP contribution in [0.1, 0.15) is 0 Å². The van der Waals surface area contributed by atoms with Gasteiger partial charge in [-0.3, -0.25) is 0 Å². The maximum atomic E-state index is 13.2. The van der Waals surface area contributed by atoms with Crippen molar-refractivity contribution in [3.63, 3.8) is 0 Å². The summed E-state index contributed by atoms with van der Waals surface area (Å²) >= 11 is 0. The van der Waals surface area contributed by atoms with Crippen molar-refractivity contribution in [3.8, 4) is 22.8 Å². The molecule has 108 valence electrons. The maximum Gasteiger partial charge on any atom is 0.251 e. The number of nitrogens with zero attached hydrogens (tertiary/aromatic N) is 6. The van der Waals surface area contributed by atoms with Crippen molar-refractivity contribution >= 4 is 5.78 Å². The summed E-state index contributed by atoms with van der Waals surface area (Å²) in [5.74, 6) is 0.898. The normalized spacial score (nSPS) is 11.2. The van der Waals surface area contributed by atoms with E-state index in [0.717, 1.165) is 11.3 Å². The van der Waals surface area contributed by atoms with Crippen LogP contribution in [0.15, 0.2) is 49.1 Å². The van der Waals surface area contributed by atoms with Crippen LogP contribution in [0.5, 0.6) is 0 Å². The number of fused-ring (bicyclic) bond motifs is 1. The molecular weight excluding hydrogens is 283 g/mol. The van der Waals surface area contributed by atoms with E-state index in [1.54, 1.807) is 35.2 Å². The summed E-state index contributed by atoms with van der Waals surface area (Å²) in [5.41, 5.74) is 2.18. The Balaban J connectivity index is 2.06. The van der Waals surface area contributed by atoms with Gasteiger partial charge in [0.1, 0.15) is 17.2 Å². The molecule has 0 amide bonds. The summed E-state index contributed by atoms with van der Waals surface area (Å²) < 4.78 is 16.7. The van der Waals surface area contributed by atoms with Gasteiger partial charge in [-0.05, 0) is 24.3 Å². The molecule has 0 radical (unpaired) electrons. The average molecular weight is 294 g/mol. The van der Waals surface area contributed by atoms with Gasteiger partial charge in [0, 0.05) is 25.0 Å². The fourth-order valence-corrected chi connectivity index (χ4v) is 2.39. The molecule has 0 bridgehead atoms. The largest absolute Gasteiger partial charge is 0.333 e. The first kappa shape index (κ1) is 12.6. The van der Waals surface area contributed by atoms with Crippen molar-refractivity contribution in [2.24, 2.45) is 7.05 Å². The van der Waals surface area contributed by atoms with E-state index >= 15 is 0 Å². The van der Waals surface area contributed by atoms with E-state index in [4.69, 9.17) is 0 Å². The molecule has 0 N–H and O–H groups in total. The first-order valence-corrected chi connectivity index (χ1v) is 6.67. The van der Waals surface area contributed by atoms with E-state index in [9.17, 15) is 4.39 Å². The van der Waals surface area contributed by atoms with E-state index in [1.165, 1.54) is 12.1 Å². The lowest BCUT2D eigenvalue weighted by Gasteiger charge is -2.04. The van der Waals surface area contributed by atoms with E-state index in [-0.39, 0.29) is 5.82 Å². The first-order chi connectivity index (χ1) is 10.7. The molecule has 4 rings (SSSR count). The first-order valence-electron chi connectivity index (χ1n) is 6.67. The molecule has 0 aliphatic heterocycles. The Morgan fingerprint density at radius 1 is 1.00 bits per heavy atom. The Labute approximate surface area is 124 Å². The molecule has 0 atom stereocenters. The van der Waals surface area contributed by atoms with E-state index in [2.05, 4.69) is 20.1 Å². The predicted octanol–water partition coefficient (Wildman–Crippen LogP) is 2.33. The fraction of sp³-hybridized carbons (Fsp3) is 0.0667. The molecule has 1 aromatic carbocycles. The summed E-state index contributed by atoms with van der Waals surface area (Å²) in [6, 6.07) is 6.18. The van der Waals surface area contributed by atoms with Crippen LogP contribution in [0.3, 0.4) is 0 Å². The maximum absolute atomic E-state index is 13.2. The van der Waals surface area contributed by atoms with Gasteiger partial charge in [-0.15, -0.1) is 0 Å². The van der Waals surface area contributed by atoms with Gasteiger partial charge in [0.05, 0.1) is 12.4 Å². The molecule has 3 aromatic heterocycles. The zero-order valence-corrected chi connectivity index (χ0v) is 11.7. The topological polar surface area (TPSA) is 60.9 Å².